The fourth-order valence-corrected chi connectivity index (χ4v) is 4.72. The zero-order valence-corrected chi connectivity index (χ0v) is 20.8. The summed E-state index contributed by atoms with van der Waals surface area (Å²) in [6.07, 6.45) is 4.95. The molecule has 0 bridgehead atoms. The van der Waals surface area contributed by atoms with Crippen LogP contribution in [-0.2, 0) is 11.3 Å². The summed E-state index contributed by atoms with van der Waals surface area (Å²) in [5.74, 6) is 0.638. The molecule has 1 aliphatic heterocycles. The van der Waals surface area contributed by atoms with E-state index in [0.717, 1.165) is 71.7 Å². The summed E-state index contributed by atoms with van der Waals surface area (Å²) in [7, 11) is 0. The number of benzene rings is 3. The van der Waals surface area contributed by atoms with Gasteiger partial charge in [0.25, 0.3) is 0 Å². The fourth-order valence-electron chi connectivity index (χ4n) is 4.72. The van der Waals surface area contributed by atoms with Crippen molar-refractivity contribution in [2.24, 2.45) is 0 Å². The Hall–Kier alpha value is -4.53. The van der Waals surface area contributed by atoms with Crippen molar-refractivity contribution in [2.45, 2.75) is 6.54 Å². The number of fused-ring (bicyclic) bond motifs is 1. The van der Waals surface area contributed by atoms with E-state index in [1.165, 1.54) is 6.39 Å². The third-order valence-electron chi connectivity index (χ3n) is 6.63. The largest absolute Gasteiger partial charge is 0.444 e. The second kappa shape index (κ2) is 10.8. The van der Waals surface area contributed by atoms with Crippen LogP contribution in [0.2, 0.25) is 0 Å². The first-order chi connectivity index (χ1) is 18.7. The van der Waals surface area contributed by atoms with Crippen molar-refractivity contribution in [3.8, 4) is 22.5 Å². The minimum atomic E-state index is -0.327. The molecule has 2 amide bonds. The number of carbonyl (C=O) groups is 1. The SMILES string of the molecule is O=C(Nc1cccc(-c2cnco2)c1)Nc1ccc(-c2ccc(CN3CCOCC3)nc2)c2ccccc12. The molecule has 3 aromatic carbocycles. The number of nitrogens with zero attached hydrogens (tertiary/aromatic N) is 3. The van der Waals surface area contributed by atoms with Gasteiger partial charge in [-0.1, -0.05) is 48.5 Å². The van der Waals surface area contributed by atoms with Crippen LogP contribution in [0.25, 0.3) is 33.2 Å². The molecule has 190 valence electrons. The summed E-state index contributed by atoms with van der Waals surface area (Å²) in [6, 6.07) is 23.3. The topological polar surface area (TPSA) is 92.5 Å². The van der Waals surface area contributed by atoms with Gasteiger partial charge in [0, 0.05) is 48.0 Å². The molecule has 1 fully saturated rings. The lowest BCUT2D eigenvalue weighted by molar-refractivity contribution is 0.0336. The molecular weight excluding hydrogens is 478 g/mol. The van der Waals surface area contributed by atoms with Crippen molar-refractivity contribution in [2.75, 3.05) is 36.9 Å². The van der Waals surface area contributed by atoms with E-state index in [4.69, 9.17) is 14.1 Å². The maximum atomic E-state index is 12.9. The van der Waals surface area contributed by atoms with E-state index in [-0.39, 0.29) is 6.03 Å². The van der Waals surface area contributed by atoms with E-state index >= 15 is 0 Å². The molecule has 0 saturated carbocycles. The van der Waals surface area contributed by atoms with Crippen molar-refractivity contribution in [3.05, 3.63) is 97.3 Å². The van der Waals surface area contributed by atoms with Crippen LogP contribution in [0.1, 0.15) is 5.69 Å². The van der Waals surface area contributed by atoms with E-state index in [2.05, 4.69) is 38.7 Å². The van der Waals surface area contributed by atoms with E-state index in [0.29, 0.717) is 11.4 Å². The molecule has 38 heavy (non-hydrogen) atoms. The molecule has 0 aliphatic carbocycles. The van der Waals surface area contributed by atoms with Gasteiger partial charge in [0.1, 0.15) is 0 Å². The third kappa shape index (κ3) is 5.27. The van der Waals surface area contributed by atoms with Crippen LogP contribution in [0.4, 0.5) is 16.2 Å². The highest BCUT2D eigenvalue weighted by molar-refractivity contribution is 6.09. The van der Waals surface area contributed by atoms with E-state index in [1.54, 1.807) is 6.20 Å². The molecule has 3 heterocycles. The van der Waals surface area contributed by atoms with Gasteiger partial charge in [0.15, 0.2) is 12.2 Å². The molecule has 0 radical (unpaired) electrons. The van der Waals surface area contributed by atoms with Crippen LogP contribution in [0.5, 0.6) is 0 Å². The molecule has 0 unspecified atom stereocenters. The first kappa shape index (κ1) is 23.8. The average Bonchev–Trinajstić information content (AvgIpc) is 3.50. The zero-order valence-electron chi connectivity index (χ0n) is 20.8. The van der Waals surface area contributed by atoms with Crippen molar-refractivity contribution in [1.82, 2.24) is 14.9 Å². The summed E-state index contributed by atoms with van der Waals surface area (Å²) < 4.78 is 10.8. The van der Waals surface area contributed by atoms with Crippen LogP contribution >= 0.6 is 0 Å². The number of urea groups is 1. The Bertz CT molecular complexity index is 1540. The third-order valence-corrected chi connectivity index (χ3v) is 6.63. The fraction of sp³-hybridized carbons (Fsp3) is 0.167. The quantitative estimate of drug-likeness (QED) is 0.293. The molecule has 5 aromatic rings. The lowest BCUT2D eigenvalue weighted by atomic mass is 9.98. The molecule has 1 saturated heterocycles. The second-order valence-corrected chi connectivity index (χ2v) is 9.16. The number of pyridine rings is 1. The molecule has 2 N–H and O–H groups in total. The Morgan fingerprint density at radius 1 is 0.868 bits per heavy atom. The predicted molar refractivity (Wildman–Crippen MR) is 148 cm³/mol. The maximum Gasteiger partial charge on any atom is 0.323 e. The highest BCUT2D eigenvalue weighted by Crippen LogP contribution is 2.33. The zero-order chi connectivity index (χ0) is 25.7. The molecule has 0 spiro atoms. The summed E-state index contributed by atoms with van der Waals surface area (Å²) in [5, 5.41) is 7.91. The lowest BCUT2D eigenvalue weighted by Gasteiger charge is -2.26. The highest BCUT2D eigenvalue weighted by Gasteiger charge is 2.14. The summed E-state index contributed by atoms with van der Waals surface area (Å²) in [6.45, 7) is 4.24. The summed E-state index contributed by atoms with van der Waals surface area (Å²) in [4.78, 5) is 23.9. The number of rotatable bonds is 6. The molecular formula is C30H27N5O3. The average molecular weight is 506 g/mol. The summed E-state index contributed by atoms with van der Waals surface area (Å²) >= 11 is 0. The first-order valence-electron chi connectivity index (χ1n) is 12.6. The van der Waals surface area contributed by atoms with Gasteiger partial charge in [0.05, 0.1) is 30.8 Å². The number of hydrogen-bond acceptors (Lipinski definition) is 6. The maximum absolute atomic E-state index is 12.9. The van der Waals surface area contributed by atoms with Crippen molar-refractivity contribution < 1.29 is 13.9 Å². The van der Waals surface area contributed by atoms with Crippen LogP contribution in [0.3, 0.4) is 0 Å². The minimum absolute atomic E-state index is 0.327. The number of nitrogens with one attached hydrogen (secondary N) is 2. The predicted octanol–water partition coefficient (Wildman–Crippen LogP) is 6.03. The first-order valence-corrected chi connectivity index (χ1v) is 12.6. The number of aromatic nitrogens is 2. The van der Waals surface area contributed by atoms with Crippen LogP contribution in [0.15, 0.2) is 96.0 Å². The number of anilines is 2. The van der Waals surface area contributed by atoms with Crippen LogP contribution in [0, 0.1) is 0 Å². The molecule has 6 rings (SSSR count). The van der Waals surface area contributed by atoms with Gasteiger partial charge >= 0.3 is 6.03 Å². The van der Waals surface area contributed by atoms with Gasteiger partial charge < -0.3 is 19.8 Å². The molecule has 8 heteroatoms. The van der Waals surface area contributed by atoms with Gasteiger partial charge in [-0.2, -0.15) is 0 Å². The van der Waals surface area contributed by atoms with E-state index in [1.807, 2.05) is 60.8 Å². The number of amides is 2. The van der Waals surface area contributed by atoms with Gasteiger partial charge in [-0.05, 0) is 35.2 Å². The van der Waals surface area contributed by atoms with E-state index in [9.17, 15) is 4.79 Å². The van der Waals surface area contributed by atoms with Gasteiger partial charge in [0.2, 0.25) is 0 Å². The Morgan fingerprint density at radius 3 is 2.53 bits per heavy atom. The number of hydrogen-bond donors (Lipinski definition) is 2. The Balaban J connectivity index is 1.20. The van der Waals surface area contributed by atoms with Crippen molar-refractivity contribution in [3.63, 3.8) is 0 Å². The monoisotopic (exact) mass is 505 g/mol. The Kier molecular flexibility index (Phi) is 6.80. The Morgan fingerprint density at radius 2 is 1.74 bits per heavy atom. The van der Waals surface area contributed by atoms with Crippen molar-refractivity contribution >= 4 is 28.2 Å². The van der Waals surface area contributed by atoms with Gasteiger partial charge in [-0.15, -0.1) is 0 Å². The molecule has 0 atom stereocenters. The number of carbonyl (C=O) groups excluding carboxylic acids is 1. The Labute approximate surface area is 220 Å². The smallest absolute Gasteiger partial charge is 0.323 e. The highest BCUT2D eigenvalue weighted by atomic mass is 16.5. The van der Waals surface area contributed by atoms with Gasteiger partial charge in [-0.25, -0.2) is 9.78 Å². The lowest BCUT2D eigenvalue weighted by Crippen LogP contribution is -2.35. The minimum Gasteiger partial charge on any atom is -0.444 e. The number of oxazole rings is 1. The number of ether oxygens (including phenoxy) is 1. The van der Waals surface area contributed by atoms with E-state index < -0.39 is 0 Å². The van der Waals surface area contributed by atoms with Crippen LogP contribution in [-0.4, -0.2) is 47.2 Å². The number of morpholine rings is 1. The standard InChI is InChI=1S/C30H27N5O3/c36-30(33-23-5-3-4-21(16-23)29-18-31-20-38-29)34-28-11-10-25(26-6-1-2-7-27(26)28)22-8-9-24(32-17-22)19-35-12-14-37-15-13-35/h1-11,16-18,20H,12-15,19H2,(H2,33,34,36). The van der Waals surface area contributed by atoms with Gasteiger partial charge in [-0.3, -0.25) is 9.88 Å². The molecule has 1 aliphatic rings. The molecule has 8 nitrogen and oxygen atoms in total. The molecule has 2 aromatic heterocycles. The van der Waals surface area contributed by atoms with Crippen molar-refractivity contribution in [1.29, 1.82) is 0 Å². The second-order valence-electron chi connectivity index (χ2n) is 9.16. The van der Waals surface area contributed by atoms with Crippen LogP contribution < -0.4 is 10.6 Å². The summed E-state index contributed by atoms with van der Waals surface area (Å²) in [5.41, 5.74) is 5.36. The normalized spacial score (nSPS) is 13.9.